The number of nitrogens with two attached hydrogens (primary N) is 1. The van der Waals surface area contributed by atoms with E-state index in [4.69, 9.17) is 7.10 Å². The summed E-state index contributed by atoms with van der Waals surface area (Å²) in [4.78, 5) is 27.6. The van der Waals surface area contributed by atoms with Gasteiger partial charge in [-0.2, -0.15) is 0 Å². The largest absolute Gasteiger partial charge is 0.389 e. The van der Waals surface area contributed by atoms with Gasteiger partial charge in [0.25, 0.3) is 0 Å². The van der Waals surface area contributed by atoms with Crippen molar-refractivity contribution >= 4 is 21.8 Å². The van der Waals surface area contributed by atoms with Gasteiger partial charge in [0.1, 0.15) is 0 Å². The van der Waals surface area contributed by atoms with Crippen LogP contribution in [0.5, 0.6) is 0 Å². The van der Waals surface area contributed by atoms with Gasteiger partial charge in [0.05, 0.1) is 19.2 Å². The summed E-state index contributed by atoms with van der Waals surface area (Å²) in [6, 6.07) is 1.26. The Labute approximate surface area is 177 Å². The fourth-order valence-corrected chi connectivity index (χ4v) is 4.25. The lowest BCUT2D eigenvalue weighted by atomic mass is 10.0. The first-order valence-corrected chi connectivity index (χ1v) is 11.1. The summed E-state index contributed by atoms with van der Waals surface area (Å²) in [6.45, 7) is 2.38. The van der Waals surface area contributed by atoms with E-state index in [1.54, 1.807) is 12.3 Å². The number of primary amides is 1. The topological polar surface area (TPSA) is 126 Å². The molecule has 1 saturated heterocycles. The van der Waals surface area contributed by atoms with Crippen LogP contribution in [0.1, 0.15) is 19.6 Å². The second-order valence-electron chi connectivity index (χ2n) is 7.76. The number of sulfone groups is 1. The lowest BCUT2D eigenvalue weighted by Gasteiger charge is -2.32. The molecule has 10 heteroatoms. The third-order valence-corrected chi connectivity index (χ3v) is 7.53. The SMILES string of the molecule is [2H]CN1CC(C#CC#Cc2cc3n(c2)C(=O)N(CC(O)C(C)(C(N)=O)S(C)(=O)=O)C3)C1. The number of aliphatic hydroxyl groups is 1. The predicted molar refractivity (Wildman–Crippen MR) is 110 cm³/mol. The Morgan fingerprint density at radius 2 is 2.17 bits per heavy atom. The molecule has 0 bridgehead atoms. The van der Waals surface area contributed by atoms with Gasteiger partial charge in [-0.1, -0.05) is 11.8 Å². The molecule has 0 aromatic carbocycles. The molecule has 2 unspecified atom stereocenters. The van der Waals surface area contributed by atoms with Crippen LogP contribution in [0.15, 0.2) is 12.3 Å². The standard InChI is InChI=1S/C20H24N4O5S/c1-20(18(21)26,30(3,28)29)17(25)13-23-12-16-8-14(11-24(16)19(23)27)6-4-5-7-15-9-22(2)10-15/h8,11,15,17,25H,9-10,12-13H2,1-3H3,(H2,21,26)/i2D. The maximum absolute atomic E-state index is 12.6. The van der Waals surface area contributed by atoms with Crippen molar-refractivity contribution in [2.24, 2.45) is 11.7 Å². The van der Waals surface area contributed by atoms with Crippen molar-refractivity contribution in [1.29, 1.82) is 0 Å². The molecule has 2 amide bonds. The summed E-state index contributed by atoms with van der Waals surface area (Å²) in [5.74, 6) is 10.5. The molecule has 1 aromatic heterocycles. The van der Waals surface area contributed by atoms with Crippen molar-refractivity contribution in [3.8, 4) is 23.7 Å². The van der Waals surface area contributed by atoms with Crippen LogP contribution >= 0.6 is 0 Å². The third-order valence-electron chi connectivity index (χ3n) is 5.52. The Kier molecular flexibility index (Phi) is 5.33. The van der Waals surface area contributed by atoms with Crippen molar-refractivity contribution < 1.29 is 24.5 Å². The van der Waals surface area contributed by atoms with Crippen molar-refractivity contribution in [2.45, 2.75) is 24.3 Å². The number of rotatable bonds is 5. The number of likely N-dealkylation sites (tertiary alicyclic amines) is 1. The fraction of sp³-hybridized carbons (Fsp3) is 0.500. The van der Waals surface area contributed by atoms with Crippen LogP contribution in [0.25, 0.3) is 0 Å². The van der Waals surface area contributed by atoms with Crippen LogP contribution in [-0.4, -0.2) is 83.6 Å². The van der Waals surface area contributed by atoms with Gasteiger partial charge in [0, 0.05) is 44.1 Å². The van der Waals surface area contributed by atoms with Crippen LogP contribution in [0.4, 0.5) is 4.79 Å². The van der Waals surface area contributed by atoms with Gasteiger partial charge in [0.2, 0.25) is 5.91 Å². The van der Waals surface area contributed by atoms with Gasteiger partial charge in [-0.15, -0.1) is 0 Å². The summed E-state index contributed by atoms with van der Waals surface area (Å²) in [5.41, 5.74) is 6.46. The van der Waals surface area contributed by atoms with Crippen molar-refractivity contribution in [2.75, 3.05) is 32.9 Å². The first kappa shape index (κ1) is 20.5. The molecule has 2 aliphatic rings. The highest BCUT2D eigenvalue weighted by Gasteiger charge is 2.50. The summed E-state index contributed by atoms with van der Waals surface area (Å²) < 4.78 is 30.4. The number of hydrogen-bond donors (Lipinski definition) is 2. The molecule has 30 heavy (non-hydrogen) atoms. The number of fused-ring (bicyclic) bond motifs is 1. The summed E-state index contributed by atoms with van der Waals surface area (Å²) in [5, 5.41) is 10.4. The fourth-order valence-electron chi connectivity index (χ4n) is 3.31. The Bertz CT molecular complexity index is 1130. The van der Waals surface area contributed by atoms with Gasteiger partial charge in [-0.05, 0) is 31.9 Å². The van der Waals surface area contributed by atoms with E-state index in [1.807, 2.05) is 4.90 Å². The molecule has 0 radical (unpaired) electrons. The maximum atomic E-state index is 12.6. The number of aliphatic hydroxyl groups excluding tert-OH is 1. The van der Waals surface area contributed by atoms with Gasteiger partial charge in [0.15, 0.2) is 14.6 Å². The number of nitrogens with zero attached hydrogens (tertiary/aromatic N) is 3. The van der Waals surface area contributed by atoms with Crippen molar-refractivity contribution in [3.63, 3.8) is 0 Å². The summed E-state index contributed by atoms with van der Waals surface area (Å²) in [7, 11) is -3.74. The second kappa shape index (κ2) is 7.80. The molecule has 0 aliphatic carbocycles. The highest BCUT2D eigenvalue weighted by atomic mass is 32.2. The van der Waals surface area contributed by atoms with Gasteiger partial charge in [-0.3, -0.25) is 9.36 Å². The predicted octanol–water partition coefficient (Wildman–Crippen LogP) is -1.16. The minimum absolute atomic E-state index is 0.132. The van der Waals surface area contributed by atoms with E-state index in [0.717, 1.165) is 26.3 Å². The minimum Gasteiger partial charge on any atom is -0.389 e. The zero-order chi connectivity index (χ0) is 23.0. The number of carbonyl (C=O) groups excluding carboxylic acids is 2. The molecule has 3 N–H and O–H groups in total. The molecule has 0 saturated carbocycles. The average molecular weight is 434 g/mol. The molecule has 9 nitrogen and oxygen atoms in total. The number of carbonyl (C=O) groups is 2. The molecule has 2 aliphatic heterocycles. The summed E-state index contributed by atoms with van der Waals surface area (Å²) in [6.07, 6.45) is 0.689. The number of aromatic nitrogens is 1. The van der Waals surface area contributed by atoms with Gasteiger partial charge in [-0.25, -0.2) is 13.2 Å². The van der Waals surface area contributed by atoms with Crippen LogP contribution in [-0.2, 0) is 21.2 Å². The molecule has 1 aromatic rings. The van der Waals surface area contributed by atoms with Gasteiger partial charge < -0.3 is 20.6 Å². The van der Waals surface area contributed by atoms with E-state index in [-0.39, 0.29) is 26.0 Å². The molecular weight excluding hydrogens is 408 g/mol. The molecular formula is C20H24N4O5S. The van der Waals surface area contributed by atoms with Gasteiger partial charge >= 0.3 is 6.03 Å². The minimum atomic E-state index is -4.02. The molecule has 2 atom stereocenters. The monoisotopic (exact) mass is 433 g/mol. The summed E-state index contributed by atoms with van der Waals surface area (Å²) >= 11 is 0. The van der Waals surface area contributed by atoms with E-state index >= 15 is 0 Å². The Balaban J connectivity index is 1.65. The number of hydrogen-bond acceptors (Lipinski definition) is 6. The zero-order valence-electron chi connectivity index (χ0n) is 17.8. The Morgan fingerprint density at radius 3 is 2.73 bits per heavy atom. The average Bonchev–Trinajstić information content (AvgIpc) is 3.17. The van der Waals surface area contributed by atoms with E-state index in [9.17, 15) is 23.1 Å². The first-order valence-electron chi connectivity index (χ1n) is 9.89. The highest BCUT2D eigenvalue weighted by molar-refractivity contribution is 7.92. The molecule has 3 rings (SSSR count). The third kappa shape index (κ3) is 3.94. The second-order valence-corrected chi connectivity index (χ2v) is 10.2. The van der Waals surface area contributed by atoms with Crippen molar-refractivity contribution in [3.05, 3.63) is 23.5 Å². The van der Waals surface area contributed by atoms with E-state index in [1.165, 1.54) is 9.47 Å². The first-order chi connectivity index (χ1) is 14.5. The maximum Gasteiger partial charge on any atom is 0.328 e. The Hall–Kier alpha value is -2.79. The van der Waals surface area contributed by atoms with E-state index in [0.29, 0.717) is 11.3 Å². The van der Waals surface area contributed by atoms with Crippen LogP contribution in [0.3, 0.4) is 0 Å². The lowest BCUT2D eigenvalue weighted by molar-refractivity contribution is -0.123. The lowest BCUT2D eigenvalue weighted by Crippen LogP contribution is -2.59. The van der Waals surface area contributed by atoms with Crippen LogP contribution in [0.2, 0.25) is 0 Å². The molecule has 160 valence electrons. The molecule has 0 spiro atoms. The Morgan fingerprint density at radius 1 is 1.47 bits per heavy atom. The van der Waals surface area contributed by atoms with Crippen LogP contribution < -0.4 is 5.73 Å². The number of β-amino-alcohol motifs (C(OH)–C–C–N with tert-alkyl or cyclic N) is 1. The van der Waals surface area contributed by atoms with E-state index < -0.39 is 32.6 Å². The van der Waals surface area contributed by atoms with E-state index in [2.05, 4.69) is 23.7 Å². The van der Waals surface area contributed by atoms with Crippen LogP contribution in [0, 0.1) is 29.6 Å². The zero-order valence-corrected chi connectivity index (χ0v) is 17.6. The highest BCUT2D eigenvalue weighted by Crippen LogP contribution is 2.25. The molecule has 3 heterocycles. The smallest absolute Gasteiger partial charge is 0.328 e. The molecule has 1 fully saturated rings. The van der Waals surface area contributed by atoms with Crippen molar-refractivity contribution in [1.82, 2.24) is 14.4 Å². The number of amides is 2. The quantitative estimate of drug-likeness (QED) is 0.564. The normalized spacial score (nSPS) is 20.0.